The lowest BCUT2D eigenvalue weighted by Gasteiger charge is -2.62. The fourth-order valence-electron chi connectivity index (χ4n) is 2.79. The van der Waals surface area contributed by atoms with E-state index in [9.17, 15) is 4.79 Å². The fraction of sp³-hybridized carbons (Fsp3) is 0.556. The van der Waals surface area contributed by atoms with Crippen LogP contribution in [0, 0.1) is 5.41 Å². The molecule has 1 fully saturated rings. The van der Waals surface area contributed by atoms with Crippen LogP contribution in [-0.4, -0.2) is 49.0 Å². The van der Waals surface area contributed by atoms with Gasteiger partial charge in [-0.1, -0.05) is 37.6 Å². The number of nitrogens with one attached hydrogen (secondary N) is 2. The molecule has 0 spiro atoms. The van der Waals surface area contributed by atoms with Crippen molar-refractivity contribution in [3.8, 4) is 0 Å². The average molecular weight is 479 g/mol. The van der Waals surface area contributed by atoms with E-state index in [2.05, 4.69) is 48.2 Å². The third-order valence-electron chi connectivity index (χ3n) is 5.16. The van der Waals surface area contributed by atoms with E-state index in [-0.39, 0.29) is 40.8 Å². The minimum Gasteiger partial charge on any atom is -0.354 e. The summed E-state index contributed by atoms with van der Waals surface area (Å²) in [5, 5.41) is 6.65. The summed E-state index contributed by atoms with van der Waals surface area (Å²) in [5.74, 6) is 0.703. The van der Waals surface area contributed by atoms with Gasteiger partial charge in [0.1, 0.15) is 0 Å². The third kappa shape index (κ3) is 4.58. The highest BCUT2D eigenvalue weighted by atomic mass is 127. The molecule has 0 atom stereocenters. The Labute approximate surface area is 172 Å². The molecule has 0 aromatic heterocycles. The first-order valence-corrected chi connectivity index (χ1v) is 8.59. The summed E-state index contributed by atoms with van der Waals surface area (Å²) in [5.41, 5.74) is 0.799. The van der Waals surface area contributed by atoms with E-state index in [4.69, 9.17) is 11.6 Å². The van der Waals surface area contributed by atoms with Crippen molar-refractivity contribution in [2.24, 2.45) is 10.4 Å². The number of amides is 1. The number of halogens is 2. The Morgan fingerprint density at radius 1 is 1.20 bits per heavy atom. The molecule has 5 nitrogen and oxygen atoms in total. The van der Waals surface area contributed by atoms with E-state index >= 15 is 0 Å². The largest absolute Gasteiger partial charge is 0.354 e. The van der Waals surface area contributed by atoms with Gasteiger partial charge in [0.2, 0.25) is 0 Å². The quantitative estimate of drug-likeness (QED) is 0.302. The monoisotopic (exact) mass is 478 g/mol. The van der Waals surface area contributed by atoms with Crippen molar-refractivity contribution in [3.05, 3.63) is 34.9 Å². The summed E-state index contributed by atoms with van der Waals surface area (Å²) in [6, 6.07) is 7.04. The van der Waals surface area contributed by atoms with E-state index < -0.39 is 0 Å². The van der Waals surface area contributed by atoms with Crippen LogP contribution in [0.2, 0.25) is 5.02 Å². The smallest absolute Gasteiger partial charge is 0.252 e. The van der Waals surface area contributed by atoms with Gasteiger partial charge < -0.3 is 15.5 Å². The molecule has 0 aliphatic carbocycles. The molecular weight excluding hydrogens is 451 g/mol. The van der Waals surface area contributed by atoms with Crippen LogP contribution in [0.4, 0.5) is 0 Å². The number of likely N-dealkylation sites (tertiary alicyclic amines) is 1. The van der Waals surface area contributed by atoms with Crippen molar-refractivity contribution in [1.82, 2.24) is 15.5 Å². The van der Waals surface area contributed by atoms with Crippen molar-refractivity contribution in [3.63, 3.8) is 0 Å². The maximum atomic E-state index is 12.1. The summed E-state index contributed by atoms with van der Waals surface area (Å²) in [4.78, 5) is 18.7. The van der Waals surface area contributed by atoms with Gasteiger partial charge >= 0.3 is 0 Å². The molecule has 1 aliphatic heterocycles. The van der Waals surface area contributed by atoms with Gasteiger partial charge in [0.05, 0.1) is 10.6 Å². The van der Waals surface area contributed by atoms with Gasteiger partial charge in [0, 0.05) is 37.6 Å². The van der Waals surface area contributed by atoms with Crippen LogP contribution in [0.5, 0.6) is 0 Å². The lowest BCUT2D eigenvalue weighted by atomic mass is 9.65. The van der Waals surface area contributed by atoms with Crippen LogP contribution in [0.25, 0.3) is 0 Å². The molecule has 0 unspecified atom stereocenters. The van der Waals surface area contributed by atoms with E-state index in [0.717, 1.165) is 12.5 Å². The highest BCUT2D eigenvalue weighted by Gasteiger charge is 2.53. The van der Waals surface area contributed by atoms with Crippen LogP contribution in [-0.2, 0) is 0 Å². The SMILES string of the molecule is CN=C(NCCNC(=O)c1ccccc1Cl)N1CC(C)(C)C1(C)C.I. The van der Waals surface area contributed by atoms with Crippen LogP contribution in [0.15, 0.2) is 29.3 Å². The normalized spacial score (nSPS) is 18.0. The number of hydrogen-bond acceptors (Lipinski definition) is 2. The highest BCUT2D eigenvalue weighted by Crippen LogP contribution is 2.46. The van der Waals surface area contributed by atoms with Gasteiger partial charge in [-0.15, -0.1) is 24.0 Å². The molecule has 0 radical (unpaired) electrons. The summed E-state index contributed by atoms with van der Waals surface area (Å²) in [6.07, 6.45) is 0. The number of carbonyl (C=O) groups excluding carboxylic acids is 1. The van der Waals surface area contributed by atoms with E-state index in [0.29, 0.717) is 23.7 Å². The van der Waals surface area contributed by atoms with E-state index in [1.807, 2.05) is 0 Å². The summed E-state index contributed by atoms with van der Waals surface area (Å²) < 4.78 is 0. The Balaban J connectivity index is 0.00000312. The third-order valence-corrected chi connectivity index (χ3v) is 5.49. The van der Waals surface area contributed by atoms with Crippen molar-refractivity contribution in [2.75, 3.05) is 26.7 Å². The second kappa shape index (κ2) is 8.58. The number of hydrogen-bond donors (Lipinski definition) is 2. The predicted octanol–water partition coefficient (Wildman–Crippen LogP) is 3.38. The van der Waals surface area contributed by atoms with Crippen molar-refractivity contribution in [2.45, 2.75) is 33.2 Å². The van der Waals surface area contributed by atoms with Gasteiger partial charge in [0.15, 0.2) is 5.96 Å². The maximum Gasteiger partial charge on any atom is 0.252 e. The van der Waals surface area contributed by atoms with Gasteiger partial charge in [-0.2, -0.15) is 0 Å². The summed E-state index contributed by atoms with van der Waals surface area (Å²) >= 11 is 6.03. The second-order valence-electron chi connectivity index (χ2n) is 7.24. The molecule has 0 bridgehead atoms. The van der Waals surface area contributed by atoms with Crippen LogP contribution in [0.1, 0.15) is 38.1 Å². The zero-order chi connectivity index (χ0) is 18.0. The van der Waals surface area contributed by atoms with E-state index in [1.165, 1.54) is 0 Å². The average Bonchev–Trinajstić information content (AvgIpc) is 2.53. The molecular formula is C18H28ClIN4O. The molecule has 1 amide bonds. The zero-order valence-electron chi connectivity index (χ0n) is 15.5. The van der Waals surface area contributed by atoms with Crippen LogP contribution in [0.3, 0.4) is 0 Å². The van der Waals surface area contributed by atoms with Gasteiger partial charge in [0.25, 0.3) is 5.91 Å². The topological polar surface area (TPSA) is 56.7 Å². The zero-order valence-corrected chi connectivity index (χ0v) is 18.6. The lowest BCUT2D eigenvalue weighted by Crippen LogP contribution is -2.72. The first kappa shape index (κ1) is 22.0. The van der Waals surface area contributed by atoms with Crippen molar-refractivity contribution < 1.29 is 4.79 Å². The van der Waals surface area contributed by atoms with Crippen LogP contribution < -0.4 is 10.6 Å². The number of benzene rings is 1. The minimum absolute atomic E-state index is 0. The molecule has 1 aromatic carbocycles. The second-order valence-corrected chi connectivity index (χ2v) is 7.65. The molecule has 1 saturated heterocycles. The molecule has 7 heteroatoms. The molecule has 1 aliphatic rings. The molecule has 2 rings (SSSR count). The minimum atomic E-state index is -0.164. The number of carbonyl (C=O) groups is 1. The summed E-state index contributed by atoms with van der Waals surface area (Å²) in [7, 11) is 1.78. The Bertz CT molecular complexity index is 646. The molecule has 140 valence electrons. The van der Waals surface area contributed by atoms with Crippen molar-refractivity contribution >= 4 is 47.4 Å². The van der Waals surface area contributed by atoms with E-state index in [1.54, 1.807) is 31.3 Å². The Hall–Kier alpha value is -1.02. The van der Waals surface area contributed by atoms with Gasteiger partial charge in [-0.25, -0.2) is 0 Å². The number of rotatable bonds is 4. The van der Waals surface area contributed by atoms with Gasteiger partial charge in [-0.3, -0.25) is 9.79 Å². The maximum absolute atomic E-state index is 12.1. The lowest BCUT2D eigenvalue weighted by molar-refractivity contribution is -0.0666. The van der Waals surface area contributed by atoms with Gasteiger partial charge in [-0.05, 0) is 26.0 Å². The first-order chi connectivity index (χ1) is 11.2. The van der Waals surface area contributed by atoms with Crippen molar-refractivity contribution in [1.29, 1.82) is 0 Å². The fourth-order valence-corrected chi connectivity index (χ4v) is 3.01. The molecule has 0 saturated carbocycles. The number of nitrogens with zero attached hydrogens (tertiary/aromatic N) is 2. The first-order valence-electron chi connectivity index (χ1n) is 8.22. The Morgan fingerprint density at radius 2 is 1.80 bits per heavy atom. The molecule has 2 N–H and O–H groups in total. The van der Waals surface area contributed by atoms with Crippen LogP contribution >= 0.6 is 35.6 Å². The molecule has 1 aromatic rings. The number of aliphatic imine (C=N–C) groups is 1. The number of guanidine groups is 1. The standard InChI is InChI=1S/C18H27ClN4O.HI/c1-17(2)12-23(18(17,3)4)16(20-5)22-11-10-21-15(24)13-8-6-7-9-14(13)19;/h6-9H,10-12H2,1-5H3,(H,20,22)(H,21,24);1H. The highest BCUT2D eigenvalue weighted by molar-refractivity contribution is 14.0. The predicted molar refractivity (Wildman–Crippen MR) is 115 cm³/mol. The summed E-state index contributed by atoms with van der Waals surface area (Å²) in [6.45, 7) is 11.1. The Kier molecular flexibility index (Phi) is 7.55. The molecule has 1 heterocycles. The molecule has 25 heavy (non-hydrogen) atoms. The Morgan fingerprint density at radius 3 is 2.32 bits per heavy atom.